The first-order valence-electron chi connectivity index (χ1n) is 6.11. The summed E-state index contributed by atoms with van der Waals surface area (Å²) in [5.41, 5.74) is 1.75. The van der Waals surface area contributed by atoms with Crippen molar-refractivity contribution in [2.24, 2.45) is 0 Å². The van der Waals surface area contributed by atoms with Crippen LogP contribution in [0.4, 0.5) is 0 Å². The second-order valence-corrected chi connectivity index (χ2v) is 4.73. The largest absolute Gasteiger partial charge is 0.483 e. The fraction of sp³-hybridized carbons (Fsp3) is 0.500. The summed E-state index contributed by atoms with van der Waals surface area (Å²) in [6.07, 6.45) is -0.618. The van der Waals surface area contributed by atoms with Gasteiger partial charge in [-0.05, 0) is 39.8 Å². The second-order valence-electron chi connectivity index (χ2n) is 4.73. The number of hydrogen-bond donors (Lipinski definition) is 2. The lowest BCUT2D eigenvalue weighted by Gasteiger charge is -2.15. The van der Waals surface area contributed by atoms with Gasteiger partial charge in [0.25, 0.3) is 5.91 Å². The second kappa shape index (κ2) is 6.40. The van der Waals surface area contributed by atoms with Crippen molar-refractivity contribution in [1.29, 1.82) is 0 Å². The van der Waals surface area contributed by atoms with Crippen LogP contribution in [0.3, 0.4) is 0 Å². The lowest BCUT2D eigenvalue weighted by atomic mass is 10.1. The quantitative estimate of drug-likeness (QED) is 0.841. The highest BCUT2D eigenvalue weighted by Crippen LogP contribution is 2.26. The highest BCUT2D eigenvalue weighted by Gasteiger charge is 2.11. The van der Waals surface area contributed by atoms with E-state index in [0.717, 1.165) is 5.56 Å². The van der Waals surface area contributed by atoms with Crippen LogP contribution in [0.25, 0.3) is 0 Å². The van der Waals surface area contributed by atoms with Crippen LogP contribution in [0.2, 0.25) is 0 Å². The first kappa shape index (κ1) is 14.5. The summed E-state index contributed by atoms with van der Waals surface area (Å²) in [4.78, 5) is 11.5. The maximum atomic E-state index is 11.5. The Morgan fingerprint density at radius 2 is 2.06 bits per heavy atom. The Balaban J connectivity index is 2.70. The summed E-state index contributed by atoms with van der Waals surface area (Å²) in [6, 6.07) is 5.62. The average Bonchev–Trinajstić information content (AvgIpc) is 2.26. The zero-order valence-electron chi connectivity index (χ0n) is 11.4. The van der Waals surface area contributed by atoms with Gasteiger partial charge in [0.1, 0.15) is 5.75 Å². The molecule has 0 bridgehead atoms. The van der Waals surface area contributed by atoms with E-state index in [9.17, 15) is 9.90 Å². The molecule has 18 heavy (non-hydrogen) atoms. The lowest BCUT2D eigenvalue weighted by Crippen LogP contribution is -2.34. The molecule has 0 radical (unpaired) electrons. The SMILES string of the molecule is Cc1ccc(OCC(=O)NC(C)C)c([C@@H](C)O)c1. The molecule has 4 nitrogen and oxygen atoms in total. The van der Waals surface area contributed by atoms with Crippen molar-refractivity contribution < 1.29 is 14.6 Å². The van der Waals surface area contributed by atoms with Crippen molar-refractivity contribution in [2.45, 2.75) is 39.8 Å². The number of aliphatic hydroxyl groups excluding tert-OH is 1. The molecule has 0 saturated carbocycles. The fourth-order valence-electron chi connectivity index (χ4n) is 1.63. The number of aliphatic hydroxyl groups is 1. The Kier molecular flexibility index (Phi) is 5.16. The van der Waals surface area contributed by atoms with Gasteiger partial charge in [-0.2, -0.15) is 0 Å². The normalized spacial score (nSPS) is 12.3. The fourth-order valence-corrected chi connectivity index (χ4v) is 1.63. The molecule has 0 aliphatic heterocycles. The molecule has 1 atom stereocenters. The minimum absolute atomic E-state index is 0.0407. The predicted molar refractivity (Wildman–Crippen MR) is 70.6 cm³/mol. The number of rotatable bonds is 5. The van der Waals surface area contributed by atoms with Gasteiger partial charge in [0.2, 0.25) is 0 Å². The highest BCUT2D eigenvalue weighted by atomic mass is 16.5. The predicted octanol–water partition coefficient (Wildman–Crippen LogP) is 1.95. The molecule has 2 N–H and O–H groups in total. The van der Waals surface area contributed by atoms with Gasteiger partial charge in [-0.25, -0.2) is 0 Å². The molecule has 4 heteroatoms. The average molecular weight is 251 g/mol. The van der Waals surface area contributed by atoms with Crippen molar-refractivity contribution in [1.82, 2.24) is 5.32 Å². The smallest absolute Gasteiger partial charge is 0.258 e. The Morgan fingerprint density at radius 3 is 2.61 bits per heavy atom. The molecule has 0 saturated heterocycles. The maximum absolute atomic E-state index is 11.5. The highest BCUT2D eigenvalue weighted by molar-refractivity contribution is 5.77. The zero-order chi connectivity index (χ0) is 13.7. The van der Waals surface area contributed by atoms with Gasteiger partial charge in [-0.1, -0.05) is 11.6 Å². The summed E-state index contributed by atoms with van der Waals surface area (Å²) >= 11 is 0. The number of carbonyl (C=O) groups is 1. The molecule has 1 aromatic carbocycles. The molecule has 0 aromatic heterocycles. The van der Waals surface area contributed by atoms with Gasteiger partial charge in [-0.15, -0.1) is 0 Å². The molecule has 1 amide bonds. The molecule has 1 rings (SSSR count). The number of benzene rings is 1. The van der Waals surface area contributed by atoms with E-state index in [1.165, 1.54) is 0 Å². The summed E-state index contributed by atoms with van der Waals surface area (Å²) in [5, 5.41) is 12.4. The van der Waals surface area contributed by atoms with Crippen LogP contribution < -0.4 is 10.1 Å². The molecular formula is C14H21NO3. The van der Waals surface area contributed by atoms with Gasteiger partial charge >= 0.3 is 0 Å². The number of ether oxygens (including phenoxy) is 1. The summed E-state index contributed by atoms with van der Waals surface area (Å²) in [6.45, 7) is 7.37. The van der Waals surface area contributed by atoms with E-state index in [0.29, 0.717) is 11.3 Å². The first-order valence-corrected chi connectivity index (χ1v) is 6.11. The van der Waals surface area contributed by atoms with E-state index in [4.69, 9.17) is 4.74 Å². The minimum atomic E-state index is -0.618. The van der Waals surface area contributed by atoms with Crippen molar-refractivity contribution in [3.8, 4) is 5.75 Å². The van der Waals surface area contributed by atoms with Crippen LogP contribution >= 0.6 is 0 Å². The van der Waals surface area contributed by atoms with Gasteiger partial charge in [-0.3, -0.25) is 4.79 Å². The number of carbonyl (C=O) groups excluding carboxylic acids is 1. The third kappa shape index (κ3) is 4.37. The van der Waals surface area contributed by atoms with Crippen molar-refractivity contribution in [3.63, 3.8) is 0 Å². The van der Waals surface area contributed by atoms with Crippen LogP contribution in [0.15, 0.2) is 18.2 Å². The van der Waals surface area contributed by atoms with Gasteiger partial charge < -0.3 is 15.2 Å². The van der Waals surface area contributed by atoms with Crippen molar-refractivity contribution in [2.75, 3.05) is 6.61 Å². The van der Waals surface area contributed by atoms with Gasteiger partial charge in [0.05, 0.1) is 6.10 Å². The summed E-state index contributed by atoms with van der Waals surface area (Å²) in [7, 11) is 0. The Morgan fingerprint density at radius 1 is 1.39 bits per heavy atom. The van der Waals surface area contributed by atoms with Crippen LogP contribution in [0.5, 0.6) is 5.75 Å². The minimum Gasteiger partial charge on any atom is -0.483 e. The Labute approximate surface area is 108 Å². The third-order valence-electron chi connectivity index (χ3n) is 2.42. The van der Waals surface area contributed by atoms with E-state index in [2.05, 4.69) is 5.32 Å². The van der Waals surface area contributed by atoms with E-state index < -0.39 is 6.10 Å². The van der Waals surface area contributed by atoms with Crippen molar-refractivity contribution >= 4 is 5.91 Å². The molecule has 0 spiro atoms. The van der Waals surface area contributed by atoms with Crippen LogP contribution in [-0.2, 0) is 4.79 Å². The van der Waals surface area contributed by atoms with Gasteiger partial charge in [0, 0.05) is 11.6 Å². The number of amides is 1. The molecule has 0 fully saturated rings. The maximum Gasteiger partial charge on any atom is 0.258 e. The van der Waals surface area contributed by atoms with E-state index in [1.807, 2.05) is 32.9 Å². The Hall–Kier alpha value is -1.55. The topological polar surface area (TPSA) is 58.6 Å². The van der Waals surface area contributed by atoms with Crippen LogP contribution in [-0.4, -0.2) is 23.7 Å². The third-order valence-corrected chi connectivity index (χ3v) is 2.42. The van der Waals surface area contributed by atoms with E-state index in [1.54, 1.807) is 13.0 Å². The van der Waals surface area contributed by atoms with Crippen molar-refractivity contribution in [3.05, 3.63) is 29.3 Å². The summed E-state index contributed by atoms with van der Waals surface area (Å²) < 4.78 is 5.44. The van der Waals surface area contributed by atoms with Crippen LogP contribution in [0.1, 0.15) is 38.0 Å². The summed E-state index contributed by atoms with van der Waals surface area (Å²) in [5.74, 6) is 0.386. The number of nitrogens with one attached hydrogen (secondary N) is 1. The number of hydrogen-bond acceptors (Lipinski definition) is 3. The molecule has 0 aliphatic rings. The molecule has 100 valence electrons. The molecule has 1 aromatic rings. The first-order chi connectivity index (χ1) is 8.40. The van der Waals surface area contributed by atoms with E-state index >= 15 is 0 Å². The van der Waals surface area contributed by atoms with Crippen LogP contribution in [0, 0.1) is 6.92 Å². The van der Waals surface area contributed by atoms with Gasteiger partial charge in [0.15, 0.2) is 6.61 Å². The Bertz CT molecular complexity index is 414. The monoisotopic (exact) mass is 251 g/mol. The lowest BCUT2D eigenvalue weighted by molar-refractivity contribution is -0.123. The molecule has 0 aliphatic carbocycles. The molecular weight excluding hydrogens is 230 g/mol. The van der Waals surface area contributed by atoms with E-state index in [-0.39, 0.29) is 18.6 Å². The number of aryl methyl sites for hydroxylation is 1. The zero-order valence-corrected chi connectivity index (χ0v) is 11.4. The standard InChI is InChI=1S/C14H21NO3/c1-9(2)15-14(17)8-18-13-6-5-10(3)7-12(13)11(4)16/h5-7,9,11,16H,8H2,1-4H3,(H,15,17)/t11-/m1/s1. The molecule has 0 unspecified atom stereocenters. The molecule has 0 heterocycles.